The first-order chi connectivity index (χ1) is 22.1. The summed E-state index contributed by atoms with van der Waals surface area (Å²) in [7, 11) is 0. The third-order valence-electron chi connectivity index (χ3n) is 7.35. The Morgan fingerprint density at radius 2 is 1.63 bits per heavy atom. The van der Waals surface area contributed by atoms with E-state index in [4.69, 9.17) is 9.73 Å². The Morgan fingerprint density at radius 1 is 0.978 bits per heavy atom. The summed E-state index contributed by atoms with van der Waals surface area (Å²) in [5.74, 6) is 3.44. The first kappa shape index (κ1) is 46.0. The lowest BCUT2D eigenvalue weighted by atomic mass is 10.00. The van der Waals surface area contributed by atoms with Crippen LogP contribution < -0.4 is 10.6 Å². The van der Waals surface area contributed by atoms with Crippen LogP contribution in [0.3, 0.4) is 0 Å². The molecule has 46 heavy (non-hydrogen) atoms. The SMILES string of the molecule is CC.CC(C)C.CC/C=C(NCCCN1CCCOCC1=O)/C(=C\N=C(C)N/C(=C/CC)CC)C1CC1.CCCCC(C)CCC. The minimum Gasteiger partial charge on any atom is -0.385 e. The molecule has 0 spiro atoms. The van der Waals surface area contributed by atoms with Crippen molar-refractivity contribution in [3.63, 3.8) is 0 Å². The molecule has 1 saturated heterocycles. The number of amides is 1. The van der Waals surface area contributed by atoms with Crippen LogP contribution >= 0.6 is 0 Å². The van der Waals surface area contributed by atoms with E-state index in [1.807, 2.05) is 31.9 Å². The standard InChI is InChI=1S/C25H42N4O2.C9H20.C4H10.C2H6/c1-5-10-22(7-3)28-20(4)27-18-23(21-12-13-21)24(11-6-2)26-14-8-15-29-16-9-17-31-19-25(29)30;1-4-6-8-9(3)7-5-2;1-4(2)3;1-2/h10-11,18,21,26H,5-9,12-17,19H2,1-4H3,(H,27,28);9H,4-8H2,1-3H3;4H,1-3H3;1-2H3/b22-10+,23-18-,24-11-;;;. The van der Waals surface area contributed by atoms with E-state index in [-0.39, 0.29) is 12.5 Å². The molecular formula is C40H78N4O2. The molecule has 1 unspecified atom stereocenters. The molecule has 0 aromatic rings. The van der Waals surface area contributed by atoms with Crippen molar-refractivity contribution in [3.05, 3.63) is 35.3 Å². The molecule has 1 aliphatic heterocycles. The zero-order valence-electron chi connectivity index (χ0n) is 32.7. The zero-order valence-corrected chi connectivity index (χ0v) is 32.7. The second-order valence-corrected chi connectivity index (χ2v) is 13.1. The summed E-state index contributed by atoms with van der Waals surface area (Å²) < 4.78 is 5.32. The molecule has 6 nitrogen and oxygen atoms in total. The molecule has 2 rings (SSSR count). The molecule has 6 heteroatoms. The maximum atomic E-state index is 12.1. The van der Waals surface area contributed by atoms with E-state index in [0.717, 1.165) is 69.4 Å². The number of hydrogen-bond acceptors (Lipinski definition) is 4. The monoisotopic (exact) mass is 647 g/mol. The van der Waals surface area contributed by atoms with E-state index >= 15 is 0 Å². The molecule has 0 aromatic heterocycles. The fraction of sp³-hybridized carbons (Fsp3) is 0.800. The number of carbonyl (C=O) groups is 1. The van der Waals surface area contributed by atoms with Crippen molar-refractivity contribution in [3.8, 4) is 0 Å². The van der Waals surface area contributed by atoms with Gasteiger partial charge in [-0.15, -0.1) is 0 Å². The molecule has 0 radical (unpaired) electrons. The van der Waals surface area contributed by atoms with Crippen molar-refractivity contribution in [1.29, 1.82) is 0 Å². The minimum atomic E-state index is 0.112. The number of carbonyl (C=O) groups excluding carboxylic acids is 1. The van der Waals surface area contributed by atoms with Crippen LogP contribution in [0.1, 0.15) is 160 Å². The number of allylic oxidation sites excluding steroid dienone is 4. The highest BCUT2D eigenvalue weighted by Gasteiger charge is 2.28. The number of unbranched alkanes of at least 4 members (excludes halogenated alkanes) is 1. The molecule has 1 heterocycles. The minimum absolute atomic E-state index is 0.112. The van der Waals surface area contributed by atoms with E-state index in [1.165, 1.54) is 61.9 Å². The molecule has 0 bridgehead atoms. The normalized spacial score (nSPS) is 16.7. The van der Waals surface area contributed by atoms with Gasteiger partial charge in [-0.25, -0.2) is 4.99 Å². The second-order valence-electron chi connectivity index (χ2n) is 13.1. The predicted octanol–water partition coefficient (Wildman–Crippen LogP) is 10.8. The van der Waals surface area contributed by atoms with Gasteiger partial charge in [0, 0.05) is 43.8 Å². The van der Waals surface area contributed by atoms with E-state index < -0.39 is 0 Å². The number of aliphatic imine (C=N–C) groups is 1. The van der Waals surface area contributed by atoms with Crippen LogP contribution in [0.25, 0.3) is 0 Å². The van der Waals surface area contributed by atoms with Gasteiger partial charge >= 0.3 is 0 Å². The van der Waals surface area contributed by atoms with Crippen LogP contribution in [0.4, 0.5) is 0 Å². The number of nitrogens with one attached hydrogen (secondary N) is 2. The van der Waals surface area contributed by atoms with Crippen molar-refractivity contribution in [2.75, 3.05) is 32.8 Å². The predicted molar refractivity (Wildman–Crippen MR) is 204 cm³/mol. The number of amidine groups is 1. The Morgan fingerprint density at radius 3 is 2.17 bits per heavy atom. The Hall–Kier alpha value is -2.08. The molecular weight excluding hydrogens is 568 g/mol. The van der Waals surface area contributed by atoms with Crippen LogP contribution in [-0.2, 0) is 9.53 Å². The highest BCUT2D eigenvalue weighted by molar-refractivity contribution is 5.81. The second kappa shape index (κ2) is 31.5. The van der Waals surface area contributed by atoms with Crippen molar-refractivity contribution >= 4 is 11.7 Å². The summed E-state index contributed by atoms with van der Waals surface area (Å²) in [5, 5.41) is 7.06. The number of rotatable bonds is 17. The number of nitrogens with zero attached hydrogens (tertiary/aromatic N) is 2. The van der Waals surface area contributed by atoms with Gasteiger partial charge in [0.2, 0.25) is 5.91 Å². The van der Waals surface area contributed by atoms with Gasteiger partial charge in [-0.1, -0.05) is 120 Å². The summed E-state index contributed by atoms with van der Waals surface area (Å²) in [6, 6.07) is 0. The molecule has 1 saturated carbocycles. The smallest absolute Gasteiger partial charge is 0.248 e. The van der Waals surface area contributed by atoms with E-state index in [9.17, 15) is 4.79 Å². The molecule has 1 amide bonds. The van der Waals surface area contributed by atoms with Crippen molar-refractivity contribution in [2.24, 2.45) is 22.7 Å². The Labute approximate surface area is 287 Å². The lowest BCUT2D eigenvalue weighted by Gasteiger charge is -2.20. The largest absolute Gasteiger partial charge is 0.385 e. The molecule has 2 aliphatic rings. The van der Waals surface area contributed by atoms with Crippen molar-refractivity contribution in [1.82, 2.24) is 15.5 Å². The maximum absolute atomic E-state index is 12.1. The summed E-state index contributed by atoms with van der Waals surface area (Å²) >= 11 is 0. The lowest BCUT2D eigenvalue weighted by molar-refractivity contribution is -0.133. The van der Waals surface area contributed by atoms with Crippen LogP contribution in [0.5, 0.6) is 0 Å². The Kier molecular flexibility index (Phi) is 31.5. The Bertz CT molecular complexity index is 853. The van der Waals surface area contributed by atoms with Crippen molar-refractivity contribution < 1.29 is 9.53 Å². The third kappa shape index (κ3) is 26.0. The van der Waals surface area contributed by atoms with Crippen molar-refractivity contribution in [2.45, 2.75) is 160 Å². The zero-order chi connectivity index (χ0) is 35.2. The van der Waals surface area contributed by atoms with Gasteiger partial charge in [0.15, 0.2) is 0 Å². The quantitative estimate of drug-likeness (QED) is 0.0714. The Balaban J connectivity index is 0. The molecule has 1 atom stereocenters. The first-order valence-corrected chi connectivity index (χ1v) is 19.1. The average Bonchev–Trinajstić information content (AvgIpc) is 3.88. The van der Waals surface area contributed by atoms with Crippen LogP contribution in [0.2, 0.25) is 0 Å². The van der Waals surface area contributed by atoms with Gasteiger partial charge < -0.3 is 20.3 Å². The first-order valence-electron chi connectivity index (χ1n) is 19.1. The summed E-state index contributed by atoms with van der Waals surface area (Å²) in [4.78, 5) is 18.7. The van der Waals surface area contributed by atoms with Crippen LogP contribution in [0, 0.1) is 17.8 Å². The van der Waals surface area contributed by atoms with Gasteiger partial charge in [0.25, 0.3) is 0 Å². The van der Waals surface area contributed by atoms with Crippen LogP contribution in [-0.4, -0.2) is 49.5 Å². The van der Waals surface area contributed by atoms with Gasteiger partial charge in [-0.3, -0.25) is 4.79 Å². The van der Waals surface area contributed by atoms with Gasteiger partial charge in [0.1, 0.15) is 12.4 Å². The van der Waals surface area contributed by atoms with E-state index in [0.29, 0.717) is 12.5 Å². The summed E-state index contributed by atoms with van der Waals surface area (Å²) in [6.45, 7) is 29.2. The lowest BCUT2D eigenvalue weighted by Crippen LogP contribution is -2.34. The number of hydrogen-bond donors (Lipinski definition) is 2. The molecule has 2 N–H and O–H groups in total. The highest BCUT2D eigenvalue weighted by atomic mass is 16.5. The summed E-state index contributed by atoms with van der Waals surface area (Å²) in [6.07, 6.45) is 20.8. The highest BCUT2D eigenvalue weighted by Crippen LogP contribution is 2.39. The maximum Gasteiger partial charge on any atom is 0.248 e. The molecule has 0 aromatic carbocycles. The van der Waals surface area contributed by atoms with E-state index in [1.54, 1.807) is 0 Å². The third-order valence-corrected chi connectivity index (χ3v) is 7.35. The van der Waals surface area contributed by atoms with E-state index in [2.05, 4.69) is 85.1 Å². The fourth-order valence-electron chi connectivity index (χ4n) is 4.90. The molecule has 1 aliphatic carbocycles. The average molecular weight is 647 g/mol. The molecule has 2 fully saturated rings. The topological polar surface area (TPSA) is 66.0 Å². The summed E-state index contributed by atoms with van der Waals surface area (Å²) in [5.41, 5.74) is 3.73. The van der Waals surface area contributed by atoms with Crippen LogP contribution in [0.15, 0.2) is 40.3 Å². The fourth-order valence-corrected chi connectivity index (χ4v) is 4.90. The van der Waals surface area contributed by atoms with Gasteiger partial charge in [-0.05, 0) is 75.2 Å². The van der Waals surface area contributed by atoms with Gasteiger partial charge in [0.05, 0.1) is 0 Å². The number of ether oxygens (including phenoxy) is 1. The van der Waals surface area contributed by atoms with Gasteiger partial charge in [-0.2, -0.15) is 0 Å². The molecule has 270 valence electrons.